The van der Waals surface area contributed by atoms with Gasteiger partial charge in [0.1, 0.15) is 4.90 Å². The van der Waals surface area contributed by atoms with Crippen LogP contribution in [0.25, 0.3) is 0 Å². The molecule has 0 saturated heterocycles. The Labute approximate surface area is 129 Å². The van der Waals surface area contributed by atoms with Crippen LogP contribution in [-0.2, 0) is 20.8 Å². The summed E-state index contributed by atoms with van der Waals surface area (Å²) in [5.41, 5.74) is 3.60. The molecule has 0 bridgehead atoms. The van der Waals surface area contributed by atoms with Crippen LogP contribution >= 0.6 is 0 Å². The number of rotatable bonds is 3. The molecule has 1 heterocycles. The van der Waals surface area contributed by atoms with Crippen LogP contribution in [0.1, 0.15) is 29.5 Å². The molecule has 0 N–H and O–H groups in total. The van der Waals surface area contributed by atoms with Crippen molar-refractivity contribution < 1.29 is 12.7 Å². The third-order valence-corrected chi connectivity index (χ3v) is 4.76. The van der Waals surface area contributed by atoms with Crippen LogP contribution in [0, 0.1) is 6.92 Å². The summed E-state index contributed by atoms with van der Waals surface area (Å²) in [6.07, 6.45) is 5.98. The zero-order valence-electron chi connectivity index (χ0n) is 12.2. The van der Waals surface area contributed by atoms with Gasteiger partial charge in [-0.25, -0.2) is 0 Å². The highest BCUT2D eigenvalue weighted by atomic mass is 32.2. The lowest BCUT2D eigenvalue weighted by atomic mass is 9.92. The lowest BCUT2D eigenvalue weighted by Gasteiger charge is -2.16. The maximum Gasteiger partial charge on any atom is 0.358 e. The Morgan fingerprint density at radius 3 is 2.68 bits per heavy atom. The van der Waals surface area contributed by atoms with E-state index < -0.39 is 10.1 Å². The first-order valence-electron chi connectivity index (χ1n) is 7.07. The van der Waals surface area contributed by atoms with E-state index in [1.807, 2.05) is 13.0 Å². The molecular formula is C16H16N2O3S. The molecule has 0 atom stereocenters. The van der Waals surface area contributed by atoms with E-state index in [0.29, 0.717) is 12.1 Å². The monoisotopic (exact) mass is 316 g/mol. The summed E-state index contributed by atoms with van der Waals surface area (Å²) in [7, 11) is -3.89. The van der Waals surface area contributed by atoms with Gasteiger partial charge in [0.2, 0.25) is 0 Å². The predicted octanol–water partition coefficient (Wildman–Crippen LogP) is 2.84. The van der Waals surface area contributed by atoms with Crippen LogP contribution in [0.2, 0.25) is 0 Å². The number of oxime groups is 1. The molecule has 0 saturated carbocycles. The molecule has 0 fully saturated rings. The topological polar surface area (TPSA) is 68.6 Å². The first-order valence-corrected chi connectivity index (χ1v) is 8.47. The number of aryl methyl sites for hydroxylation is 2. The highest BCUT2D eigenvalue weighted by molar-refractivity contribution is 7.86. The molecule has 1 aromatic carbocycles. The average molecular weight is 316 g/mol. The Kier molecular flexibility index (Phi) is 3.94. The summed E-state index contributed by atoms with van der Waals surface area (Å²) in [6.45, 7) is 1.89. The van der Waals surface area contributed by atoms with Crippen LogP contribution in [0.3, 0.4) is 0 Å². The highest BCUT2D eigenvalue weighted by Gasteiger charge is 2.19. The van der Waals surface area contributed by atoms with Crippen molar-refractivity contribution in [2.75, 3.05) is 0 Å². The van der Waals surface area contributed by atoms with E-state index in [0.717, 1.165) is 29.5 Å². The number of benzene rings is 1. The minimum absolute atomic E-state index is 0.102. The van der Waals surface area contributed by atoms with Crippen molar-refractivity contribution in [3.05, 3.63) is 59.4 Å². The molecule has 5 nitrogen and oxygen atoms in total. The van der Waals surface area contributed by atoms with Gasteiger partial charge >= 0.3 is 10.1 Å². The first kappa shape index (κ1) is 14.7. The van der Waals surface area contributed by atoms with Crippen molar-refractivity contribution in [3.63, 3.8) is 0 Å². The maximum atomic E-state index is 12.2. The quantitative estimate of drug-likeness (QED) is 0.817. The largest absolute Gasteiger partial charge is 0.358 e. The molecular weight excluding hydrogens is 300 g/mol. The second kappa shape index (κ2) is 5.88. The fraction of sp³-hybridized carbons (Fsp3) is 0.250. The number of pyridine rings is 1. The number of aromatic nitrogens is 1. The highest BCUT2D eigenvalue weighted by Crippen LogP contribution is 2.22. The molecule has 114 valence electrons. The molecule has 0 amide bonds. The van der Waals surface area contributed by atoms with Gasteiger partial charge in [-0.3, -0.25) is 9.27 Å². The van der Waals surface area contributed by atoms with Crippen molar-refractivity contribution in [1.29, 1.82) is 0 Å². The van der Waals surface area contributed by atoms with Crippen LogP contribution in [0.4, 0.5) is 0 Å². The Hall–Kier alpha value is -2.21. The zero-order valence-corrected chi connectivity index (χ0v) is 13.0. The van der Waals surface area contributed by atoms with Gasteiger partial charge in [0.25, 0.3) is 0 Å². The van der Waals surface area contributed by atoms with Crippen LogP contribution in [-0.4, -0.2) is 19.1 Å². The summed E-state index contributed by atoms with van der Waals surface area (Å²) < 4.78 is 29.2. The van der Waals surface area contributed by atoms with Gasteiger partial charge in [-0.15, -0.1) is 0 Å². The third-order valence-electron chi connectivity index (χ3n) is 3.64. The van der Waals surface area contributed by atoms with Crippen LogP contribution in [0.15, 0.2) is 52.8 Å². The normalized spacial score (nSPS) is 16.3. The lowest BCUT2D eigenvalue weighted by molar-refractivity contribution is 0.337. The standard InChI is InChI=1S/C16H16N2O3S/c1-12-5-7-14(8-6-12)22(19,20)21-18-16-4-2-3-13-9-10-17-11-15(13)16/h5-11H,2-4H2,1H3. The van der Waals surface area contributed by atoms with E-state index in [-0.39, 0.29) is 4.90 Å². The summed E-state index contributed by atoms with van der Waals surface area (Å²) in [6, 6.07) is 8.41. The van der Waals surface area contributed by atoms with Gasteiger partial charge < -0.3 is 0 Å². The predicted molar refractivity (Wildman–Crippen MR) is 83.2 cm³/mol. The van der Waals surface area contributed by atoms with Gasteiger partial charge in [0, 0.05) is 18.0 Å². The minimum Gasteiger partial charge on any atom is -0.264 e. The number of hydrogen-bond acceptors (Lipinski definition) is 5. The molecule has 6 heteroatoms. The molecule has 22 heavy (non-hydrogen) atoms. The molecule has 1 aliphatic rings. The summed E-state index contributed by atoms with van der Waals surface area (Å²) >= 11 is 0. The third kappa shape index (κ3) is 3.01. The molecule has 2 aromatic rings. The summed E-state index contributed by atoms with van der Waals surface area (Å²) in [4.78, 5) is 4.18. The first-order chi connectivity index (χ1) is 10.6. The number of nitrogens with zero attached hydrogens (tertiary/aromatic N) is 2. The Balaban J connectivity index is 1.87. The van der Waals surface area contributed by atoms with Crippen molar-refractivity contribution in [1.82, 2.24) is 4.98 Å². The van der Waals surface area contributed by atoms with Gasteiger partial charge in [0.05, 0.1) is 5.71 Å². The molecule has 3 rings (SSSR count). The van der Waals surface area contributed by atoms with Gasteiger partial charge in [-0.05, 0) is 49.9 Å². The Morgan fingerprint density at radius 2 is 1.91 bits per heavy atom. The van der Waals surface area contributed by atoms with E-state index in [9.17, 15) is 8.42 Å². The van der Waals surface area contributed by atoms with E-state index in [1.54, 1.807) is 24.5 Å². The van der Waals surface area contributed by atoms with Gasteiger partial charge in [0.15, 0.2) is 0 Å². The fourth-order valence-corrected chi connectivity index (χ4v) is 3.16. The molecule has 1 aromatic heterocycles. The lowest BCUT2D eigenvalue weighted by Crippen LogP contribution is -2.14. The van der Waals surface area contributed by atoms with E-state index >= 15 is 0 Å². The van der Waals surface area contributed by atoms with Gasteiger partial charge in [-0.1, -0.05) is 22.9 Å². The average Bonchev–Trinajstić information content (AvgIpc) is 2.53. The van der Waals surface area contributed by atoms with Crippen molar-refractivity contribution in [2.45, 2.75) is 31.1 Å². The van der Waals surface area contributed by atoms with Crippen molar-refractivity contribution in [3.8, 4) is 0 Å². The molecule has 0 radical (unpaired) electrons. The van der Waals surface area contributed by atoms with E-state index in [4.69, 9.17) is 4.28 Å². The summed E-state index contributed by atoms with van der Waals surface area (Å²) in [5, 5.41) is 3.88. The van der Waals surface area contributed by atoms with E-state index in [2.05, 4.69) is 10.1 Å². The molecule has 0 spiro atoms. The Bertz CT molecular complexity index is 812. The number of fused-ring (bicyclic) bond motifs is 1. The van der Waals surface area contributed by atoms with Gasteiger partial charge in [-0.2, -0.15) is 8.42 Å². The second-order valence-corrected chi connectivity index (χ2v) is 6.79. The SMILES string of the molecule is Cc1ccc(S(=O)(=O)ON=C2CCCc3ccncc32)cc1. The fourth-order valence-electron chi connectivity index (χ4n) is 2.42. The van der Waals surface area contributed by atoms with Crippen LogP contribution in [0.5, 0.6) is 0 Å². The number of hydrogen-bond donors (Lipinski definition) is 0. The summed E-state index contributed by atoms with van der Waals surface area (Å²) in [5.74, 6) is 0. The Morgan fingerprint density at radius 1 is 1.14 bits per heavy atom. The maximum absolute atomic E-state index is 12.2. The van der Waals surface area contributed by atoms with E-state index in [1.165, 1.54) is 12.1 Å². The van der Waals surface area contributed by atoms with Crippen molar-refractivity contribution in [2.24, 2.45) is 5.16 Å². The zero-order chi connectivity index (χ0) is 15.6. The van der Waals surface area contributed by atoms with Crippen molar-refractivity contribution >= 4 is 15.8 Å². The minimum atomic E-state index is -3.89. The smallest absolute Gasteiger partial charge is 0.264 e. The second-order valence-electron chi connectivity index (χ2n) is 5.27. The molecule has 0 unspecified atom stereocenters. The van der Waals surface area contributed by atoms with Crippen LogP contribution < -0.4 is 0 Å². The molecule has 1 aliphatic carbocycles. The molecule has 0 aliphatic heterocycles.